The molecule has 4 nitrogen and oxygen atoms in total. The number of rotatable bonds is 4. The molecule has 5 heteroatoms. The van der Waals surface area contributed by atoms with Crippen molar-refractivity contribution < 1.29 is 4.57 Å². The summed E-state index contributed by atoms with van der Waals surface area (Å²) in [4.78, 5) is 0. The summed E-state index contributed by atoms with van der Waals surface area (Å²) >= 11 is 0. The summed E-state index contributed by atoms with van der Waals surface area (Å²) in [5, 5.41) is 11.8. The molecule has 1 heterocycles. The van der Waals surface area contributed by atoms with Crippen LogP contribution in [0.2, 0.25) is 0 Å². The number of hydrogen-bond acceptors (Lipinski definition) is 3. The van der Waals surface area contributed by atoms with E-state index in [0.717, 1.165) is 30.3 Å². The minimum Gasteiger partial charge on any atom is -0.324 e. The third-order valence-electron chi connectivity index (χ3n) is 4.63. The van der Waals surface area contributed by atoms with Crippen molar-refractivity contribution >= 4 is 18.0 Å². The Bertz CT molecular complexity index is 660. The largest absolute Gasteiger partial charge is 0.324 e. The van der Waals surface area contributed by atoms with E-state index >= 15 is 0 Å². The Morgan fingerprint density at radius 2 is 2.24 bits per heavy atom. The SMILES string of the molecule is CP(C)(=O)C1CCCC(NCc2ccc3[nH]ncc3c2)C1. The Labute approximate surface area is 126 Å². The van der Waals surface area contributed by atoms with Crippen molar-refractivity contribution in [3.05, 3.63) is 30.0 Å². The van der Waals surface area contributed by atoms with Gasteiger partial charge in [-0.2, -0.15) is 5.10 Å². The lowest BCUT2D eigenvalue weighted by Gasteiger charge is -2.32. The number of benzene rings is 1. The molecule has 1 aromatic heterocycles. The maximum atomic E-state index is 12.3. The molecule has 2 unspecified atom stereocenters. The van der Waals surface area contributed by atoms with Crippen LogP contribution in [-0.4, -0.2) is 35.2 Å². The number of fused-ring (bicyclic) bond motifs is 1. The van der Waals surface area contributed by atoms with E-state index < -0.39 is 7.14 Å². The van der Waals surface area contributed by atoms with Crippen LogP contribution in [0.15, 0.2) is 24.4 Å². The molecule has 0 amide bonds. The van der Waals surface area contributed by atoms with Crippen LogP contribution in [0.3, 0.4) is 0 Å². The average molecular weight is 305 g/mol. The van der Waals surface area contributed by atoms with Crippen LogP contribution in [0.4, 0.5) is 0 Å². The Morgan fingerprint density at radius 1 is 1.38 bits per heavy atom. The summed E-state index contributed by atoms with van der Waals surface area (Å²) in [6.45, 7) is 4.75. The highest BCUT2D eigenvalue weighted by atomic mass is 31.2. The van der Waals surface area contributed by atoms with Crippen molar-refractivity contribution in [1.82, 2.24) is 15.5 Å². The van der Waals surface area contributed by atoms with E-state index in [4.69, 9.17) is 0 Å². The van der Waals surface area contributed by atoms with E-state index in [1.165, 1.54) is 18.4 Å². The maximum Gasteiger partial charge on any atom is 0.0849 e. The Morgan fingerprint density at radius 3 is 3.05 bits per heavy atom. The van der Waals surface area contributed by atoms with Gasteiger partial charge in [0.25, 0.3) is 0 Å². The van der Waals surface area contributed by atoms with Gasteiger partial charge in [0, 0.05) is 23.6 Å². The van der Waals surface area contributed by atoms with Crippen LogP contribution in [0.5, 0.6) is 0 Å². The molecule has 1 aliphatic rings. The molecule has 0 spiro atoms. The zero-order chi connectivity index (χ0) is 14.9. The first-order valence-corrected chi connectivity index (χ1v) is 10.4. The van der Waals surface area contributed by atoms with Gasteiger partial charge in [-0.15, -0.1) is 0 Å². The monoisotopic (exact) mass is 305 g/mol. The van der Waals surface area contributed by atoms with Crippen LogP contribution in [-0.2, 0) is 11.1 Å². The van der Waals surface area contributed by atoms with E-state index in [0.29, 0.717) is 11.7 Å². The number of hydrogen-bond donors (Lipinski definition) is 2. The van der Waals surface area contributed by atoms with Gasteiger partial charge < -0.3 is 9.88 Å². The van der Waals surface area contributed by atoms with Crippen molar-refractivity contribution in [2.45, 2.75) is 43.9 Å². The van der Waals surface area contributed by atoms with E-state index in [9.17, 15) is 4.57 Å². The molecule has 2 aromatic rings. The number of aromatic nitrogens is 2. The molecule has 2 N–H and O–H groups in total. The smallest absolute Gasteiger partial charge is 0.0849 e. The minimum absolute atomic E-state index is 0.403. The summed E-state index contributed by atoms with van der Waals surface area (Å²) < 4.78 is 12.3. The van der Waals surface area contributed by atoms with Crippen LogP contribution >= 0.6 is 7.14 Å². The van der Waals surface area contributed by atoms with Gasteiger partial charge in [0.05, 0.1) is 18.9 Å². The summed E-state index contributed by atoms with van der Waals surface area (Å²) in [5.41, 5.74) is 2.76. The van der Waals surface area contributed by atoms with Crippen LogP contribution < -0.4 is 5.32 Å². The molecule has 114 valence electrons. The maximum absolute atomic E-state index is 12.3. The van der Waals surface area contributed by atoms with Gasteiger partial charge >= 0.3 is 0 Å². The van der Waals surface area contributed by atoms with Gasteiger partial charge in [-0.05, 0) is 50.3 Å². The van der Waals surface area contributed by atoms with Crippen molar-refractivity contribution in [1.29, 1.82) is 0 Å². The normalized spacial score (nSPS) is 23.5. The van der Waals surface area contributed by atoms with E-state index in [1.807, 2.05) is 19.5 Å². The number of H-pyrrole nitrogens is 1. The second-order valence-corrected chi connectivity index (χ2v) is 10.2. The van der Waals surface area contributed by atoms with Crippen molar-refractivity contribution in [3.8, 4) is 0 Å². The molecule has 1 aliphatic carbocycles. The van der Waals surface area contributed by atoms with Gasteiger partial charge in [-0.3, -0.25) is 5.10 Å². The topological polar surface area (TPSA) is 57.8 Å². The third kappa shape index (κ3) is 3.56. The first kappa shape index (κ1) is 14.8. The molecular weight excluding hydrogens is 281 g/mol. The minimum atomic E-state index is -1.95. The van der Waals surface area contributed by atoms with Crippen molar-refractivity contribution in [2.24, 2.45) is 0 Å². The zero-order valence-corrected chi connectivity index (χ0v) is 13.7. The molecule has 1 saturated carbocycles. The number of nitrogens with zero attached hydrogens (tertiary/aromatic N) is 1. The predicted octanol–water partition coefficient (Wildman–Crippen LogP) is 3.59. The summed E-state index contributed by atoms with van der Waals surface area (Å²) in [6.07, 6.45) is 6.43. The fourth-order valence-corrected chi connectivity index (χ4v) is 4.85. The molecule has 1 fully saturated rings. The van der Waals surface area contributed by atoms with E-state index in [1.54, 1.807) is 0 Å². The molecule has 0 saturated heterocycles. The Hall–Kier alpha value is -1.12. The second-order valence-electron chi connectivity index (χ2n) is 6.62. The molecule has 21 heavy (non-hydrogen) atoms. The molecule has 0 bridgehead atoms. The van der Waals surface area contributed by atoms with Gasteiger partial charge in [-0.25, -0.2) is 0 Å². The van der Waals surface area contributed by atoms with Crippen LogP contribution in [0, 0.1) is 0 Å². The molecule has 0 radical (unpaired) electrons. The molecule has 0 aliphatic heterocycles. The second kappa shape index (κ2) is 5.94. The quantitative estimate of drug-likeness (QED) is 0.849. The van der Waals surface area contributed by atoms with Gasteiger partial charge in [0.1, 0.15) is 0 Å². The fourth-order valence-electron chi connectivity index (χ4n) is 3.28. The standard InChI is InChI=1S/C16H24N3OP/c1-21(2,20)15-5-3-4-14(9-15)17-10-12-6-7-16-13(8-12)11-18-19-16/h6-8,11,14-15,17H,3-5,9-10H2,1-2H3,(H,18,19). The Kier molecular flexibility index (Phi) is 4.19. The van der Waals surface area contributed by atoms with E-state index in [2.05, 4.69) is 33.7 Å². The van der Waals surface area contributed by atoms with Crippen molar-refractivity contribution in [3.63, 3.8) is 0 Å². The lowest BCUT2D eigenvalue weighted by molar-refractivity contribution is 0.371. The van der Waals surface area contributed by atoms with Gasteiger partial charge in [0.15, 0.2) is 0 Å². The molecule has 3 rings (SSSR count). The van der Waals surface area contributed by atoms with Gasteiger partial charge in [0.2, 0.25) is 0 Å². The lowest BCUT2D eigenvalue weighted by atomic mass is 9.94. The number of aromatic amines is 1. The highest BCUT2D eigenvalue weighted by molar-refractivity contribution is 7.63. The molecular formula is C16H24N3OP. The first-order valence-electron chi connectivity index (χ1n) is 7.72. The lowest BCUT2D eigenvalue weighted by Crippen LogP contribution is -2.35. The summed E-state index contributed by atoms with van der Waals surface area (Å²) in [5.74, 6) is 0. The Balaban J connectivity index is 1.60. The molecule has 1 aromatic carbocycles. The summed E-state index contributed by atoms with van der Waals surface area (Å²) in [7, 11) is -1.95. The highest BCUT2D eigenvalue weighted by Crippen LogP contribution is 2.48. The molecule has 2 atom stereocenters. The van der Waals surface area contributed by atoms with Gasteiger partial charge in [-0.1, -0.05) is 12.5 Å². The van der Waals surface area contributed by atoms with Crippen LogP contribution in [0.25, 0.3) is 10.9 Å². The fraction of sp³-hybridized carbons (Fsp3) is 0.562. The number of nitrogens with one attached hydrogen (secondary N) is 2. The van der Waals surface area contributed by atoms with Crippen LogP contribution in [0.1, 0.15) is 31.2 Å². The highest BCUT2D eigenvalue weighted by Gasteiger charge is 2.29. The zero-order valence-electron chi connectivity index (χ0n) is 12.8. The predicted molar refractivity (Wildman–Crippen MR) is 88.4 cm³/mol. The summed E-state index contributed by atoms with van der Waals surface area (Å²) in [6, 6.07) is 6.89. The average Bonchev–Trinajstić information content (AvgIpc) is 2.92. The first-order chi connectivity index (χ1) is 10.0. The third-order valence-corrected chi connectivity index (χ3v) is 6.85. The van der Waals surface area contributed by atoms with E-state index in [-0.39, 0.29) is 0 Å². The van der Waals surface area contributed by atoms with Crippen molar-refractivity contribution in [2.75, 3.05) is 13.3 Å².